The molecule has 0 atom stereocenters. The average molecular weight is 331 g/mol. The first-order chi connectivity index (χ1) is 11.1. The van der Waals surface area contributed by atoms with Crippen molar-refractivity contribution in [3.8, 4) is 0 Å². The summed E-state index contributed by atoms with van der Waals surface area (Å²) in [6.07, 6.45) is 1.47. The van der Waals surface area contributed by atoms with Crippen LogP contribution in [0.3, 0.4) is 0 Å². The largest absolute Gasteiger partial charge is 0.289 e. The van der Waals surface area contributed by atoms with Gasteiger partial charge in [-0.25, -0.2) is 14.1 Å². The Hall–Kier alpha value is -2.73. The summed E-state index contributed by atoms with van der Waals surface area (Å²) in [5, 5.41) is 7.22. The van der Waals surface area contributed by atoms with E-state index < -0.39 is 11.7 Å². The predicted molar refractivity (Wildman–Crippen MR) is 84.9 cm³/mol. The van der Waals surface area contributed by atoms with E-state index in [0.717, 1.165) is 5.56 Å². The Morgan fingerprint density at radius 3 is 2.70 bits per heavy atom. The summed E-state index contributed by atoms with van der Waals surface area (Å²) in [6.45, 7) is 0.419. The molecule has 0 spiro atoms. The molecule has 5 nitrogen and oxygen atoms in total. The van der Waals surface area contributed by atoms with Crippen molar-refractivity contribution in [3.63, 3.8) is 0 Å². The van der Waals surface area contributed by atoms with E-state index in [9.17, 15) is 9.18 Å². The lowest BCUT2D eigenvalue weighted by Gasteiger charge is -2.04. The van der Waals surface area contributed by atoms with Crippen LogP contribution in [-0.2, 0) is 6.54 Å². The van der Waals surface area contributed by atoms with Crippen molar-refractivity contribution >= 4 is 23.5 Å². The first-order valence-corrected chi connectivity index (χ1v) is 7.20. The van der Waals surface area contributed by atoms with Gasteiger partial charge in [-0.2, -0.15) is 0 Å². The van der Waals surface area contributed by atoms with Gasteiger partial charge in [0.25, 0.3) is 5.91 Å². The fourth-order valence-corrected chi connectivity index (χ4v) is 2.24. The number of rotatable bonds is 4. The molecule has 2 aromatic carbocycles. The summed E-state index contributed by atoms with van der Waals surface area (Å²) in [5.41, 5.74) is 0.820. The summed E-state index contributed by atoms with van der Waals surface area (Å²) in [4.78, 5) is 16.0. The fraction of sp³-hybridized carbons (Fsp3) is 0.0625. The molecular formula is C16H12ClFN4O. The van der Waals surface area contributed by atoms with E-state index in [-0.39, 0.29) is 11.5 Å². The van der Waals surface area contributed by atoms with Gasteiger partial charge >= 0.3 is 0 Å². The molecule has 0 aliphatic rings. The zero-order chi connectivity index (χ0) is 16.2. The van der Waals surface area contributed by atoms with Crippen LogP contribution in [0.1, 0.15) is 15.9 Å². The van der Waals surface area contributed by atoms with Crippen LogP contribution in [0.2, 0.25) is 5.02 Å². The Balaban J connectivity index is 1.72. The molecule has 1 N–H and O–H groups in total. The van der Waals surface area contributed by atoms with Crippen molar-refractivity contribution in [1.29, 1.82) is 0 Å². The van der Waals surface area contributed by atoms with Gasteiger partial charge in [-0.15, -0.1) is 5.10 Å². The second-order valence-electron chi connectivity index (χ2n) is 4.79. The van der Waals surface area contributed by atoms with Gasteiger partial charge in [-0.1, -0.05) is 41.9 Å². The van der Waals surface area contributed by atoms with E-state index >= 15 is 0 Å². The molecule has 1 amide bonds. The van der Waals surface area contributed by atoms with Gasteiger partial charge in [-0.05, 0) is 23.8 Å². The predicted octanol–water partition coefficient (Wildman–Crippen LogP) is 3.37. The van der Waals surface area contributed by atoms with Crippen molar-refractivity contribution in [1.82, 2.24) is 14.8 Å². The van der Waals surface area contributed by atoms with E-state index in [4.69, 9.17) is 11.6 Å². The van der Waals surface area contributed by atoms with Gasteiger partial charge in [0, 0.05) is 5.02 Å². The number of aromatic nitrogens is 3. The number of carbonyl (C=O) groups excluding carboxylic acids is 1. The first kappa shape index (κ1) is 15.2. The van der Waals surface area contributed by atoms with E-state index in [0.29, 0.717) is 11.6 Å². The SMILES string of the molecule is O=C(Nc1ncn(Cc2ccccc2Cl)n1)c1ccccc1F. The number of carbonyl (C=O) groups is 1. The summed E-state index contributed by atoms with van der Waals surface area (Å²) in [5.74, 6) is -1.09. The topological polar surface area (TPSA) is 59.8 Å². The molecule has 1 heterocycles. The van der Waals surface area contributed by atoms with Crippen LogP contribution >= 0.6 is 11.6 Å². The minimum Gasteiger partial charge on any atom is -0.289 e. The summed E-state index contributed by atoms with van der Waals surface area (Å²) < 4.78 is 15.1. The Bertz CT molecular complexity index is 849. The zero-order valence-corrected chi connectivity index (χ0v) is 12.7. The third-order valence-electron chi connectivity index (χ3n) is 3.17. The van der Waals surface area contributed by atoms with Crippen LogP contribution < -0.4 is 5.32 Å². The lowest BCUT2D eigenvalue weighted by Crippen LogP contribution is -2.15. The molecule has 0 unspecified atom stereocenters. The van der Waals surface area contributed by atoms with Gasteiger partial charge in [0.05, 0.1) is 12.1 Å². The van der Waals surface area contributed by atoms with Crippen LogP contribution in [0, 0.1) is 5.82 Å². The van der Waals surface area contributed by atoms with Crippen molar-refractivity contribution in [3.05, 3.63) is 76.8 Å². The Kier molecular flexibility index (Phi) is 4.34. The molecule has 3 aromatic rings. The van der Waals surface area contributed by atoms with Crippen molar-refractivity contribution < 1.29 is 9.18 Å². The Labute approximate surface area is 136 Å². The van der Waals surface area contributed by atoms with E-state index in [1.54, 1.807) is 12.1 Å². The van der Waals surface area contributed by atoms with Gasteiger partial charge in [0.15, 0.2) is 0 Å². The molecule has 116 valence electrons. The molecule has 0 saturated heterocycles. The molecule has 0 bridgehead atoms. The minimum atomic E-state index is -0.599. The average Bonchev–Trinajstić information content (AvgIpc) is 2.97. The van der Waals surface area contributed by atoms with E-state index in [1.807, 2.05) is 18.2 Å². The van der Waals surface area contributed by atoms with Gasteiger partial charge in [-0.3, -0.25) is 10.1 Å². The van der Waals surface area contributed by atoms with Gasteiger partial charge in [0.2, 0.25) is 5.95 Å². The number of anilines is 1. The van der Waals surface area contributed by atoms with Crippen molar-refractivity contribution in [2.24, 2.45) is 0 Å². The fourth-order valence-electron chi connectivity index (χ4n) is 2.04. The number of benzene rings is 2. The Morgan fingerprint density at radius 1 is 1.17 bits per heavy atom. The second-order valence-corrected chi connectivity index (χ2v) is 5.20. The van der Waals surface area contributed by atoms with Crippen LogP contribution in [0.15, 0.2) is 54.9 Å². The monoisotopic (exact) mass is 330 g/mol. The summed E-state index contributed by atoms with van der Waals surface area (Å²) in [7, 11) is 0. The highest BCUT2D eigenvalue weighted by molar-refractivity contribution is 6.31. The van der Waals surface area contributed by atoms with E-state index in [1.165, 1.54) is 29.2 Å². The number of hydrogen-bond acceptors (Lipinski definition) is 3. The number of nitrogens with one attached hydrogen (secondary N) is 1. The number of nitrogens with zero attached hydrogens (tertiary/aromatic N) is 3. The maximum atomic E-state index is 13.6. The second kappa shape index (κ2) is 6.58. The molecule has 7 heteroatoms. The standard InChI is InChI=1S/C16H12ClFN4O/c17-13-7-3-1-5-11(13)9-22-10-19-16(21-22)20-15(23)12-6-2-4-8-14(12)18/h1-8,10H,9H2,(H,20,21,23). The lowest BCUT2D eigenvalue weighted by molar-refractivity contribution is 0.102. The summed E-state index contributed by atoms with van der Waals surface area (Å²) >= 11 is 6.09. The first-order valence-electron chi connectivity index (χ1n) is 6.82. The van der Waals surface area contributed by atoms with Crippen LogP contribution in [0.4, 0.5) is 10.3 Å². The normalized spacial score (nSPS) is 10.5. The molecule has 3 rings (SSSR count). The molecule has 23 heavy (non-hydrogen) atoms. The number of halogens is 2. The van der Waals surface area contributed by atoms with Crippen LogP contribution in [0.25, 0.3) is 0 Å². The quantitative estimate of drug-likeness (QED) is 0.798. The maximum Gasteiger partial charge on any atom is 0.261 e. The summed E-state index contributed by atoms with van der Waals surface area (Å²) in [6, 6.07) is 13.1. The molecular weight excluding hydrogens is 319 g/mol. The molecule has 0 radical (unpaired) electrons. The van der Waals surface area contributed by atoms with Crippen molar-refractivity contribution in [2.75, 3.05) is 5.32 Å². The van der Waals surface area contributed by atoms with Crippen molar-refractivity contribution in [2.45, 2.75) is 6.54 Å². The molecule has 0 aliphatic heterocycles. The molecule has 0 aliphatic carbocycles. The molecule has 1 aromatic heterocycles. The number of hydrogen-bond donors (Lipinski definition) is 1. The third-order valence-corrected chi connectivity index (χ3v) is 3.54. The smallest absolute Gasteiger partial charge is 0.261 e. The van der Waals surface area contributed by atoms with Crippen LogP contribution in [-0.4, -0.2) is 20.7 Å². The Morgan fingerprint density at radius 2 is 1.91 bits per heavy atom. The highest BCUT2D eigenvalue weighted by Crippen LogP contribution is 2.16. The maximum absolute atomic E-state index is 13.6. The highest BCUT2D eigenvalue weighted by Gasteiger charge is 2.13. The molecule has 0 fully saturated rings. The van der Waals surface area contributed by atoms with Gasteiger partial charge < -0.3 is 0 Å². The van der Waals surface area contributed by atoms with Crippen LogP contribution in [0.5, 0.6) is 0 Å². The lowest BCUT2D eigenvalue weighted by atomic mass is 10.2. The zero-order valence-electron chi connectivity index (χ0n) is 11.9. The third kappa shape index (κ3) is 3.54. The number of amides is 1. The molecule has 0 saturated carbocycles. The van der Waals surface area contributed by atoms with E-state index in [2.05, 4.69) is 15.4 Å². The minimum absolute atomic E-state index is 0.0602. The highest BCUT2D eigenvalue weighted by atomic mass is 35.5. The van der Waals surface area contributed by atoms with Gasteiger partial charge in [0.1, 0.15) is 12.1 Å².